The van der Waals surface area contributed by atoms with Crippen LogP contribution in [0.4, 0.5) is 5.82 Å². The minimum absolute atomic E-state index is 0.0109. The van der Waals surface area contributed by atoms with Crippen LogP contribution in [0.2, 0.25) is 5.02 Å². The van der Waals surface area contributed by atoms with E-state index < -0.39 is 10.0 Å². The number of benzene rings is 1. The number of hydrogen-bond donors (Lipinski definition) is 1. The fourth-order valence-corrected chi connectivity index (χ4v) is 3.59. The molecule has 0 bridgehead atoms. The largest absolute Gasteiger partial charge is 0.492 e. The lowest BCUT2D eigenvalue weighted by Crippen LogP contribution is -2.15. The number of nitrogens with zero attached hydrogens (tertiary/aromatic N) is 1. The van der Waals surface area contributed by atoms with Crippen molar-refractivity contribution in [1.29, 1.82) is 0 Å². The highest BCUT2D eigenvalue weighted by atomic mass is 35.5. The van der Waals surface area contributed by atoms with Crippen LogP contribution in [0.5, 0.6) is 5.75 Å². The highest BCUT2D eigenvalue weighted by molar-refractivity contribution is 7.92. The Hall–Kier alpha value is -1.73. The molecule has 1 aromatic heterocycles. The van der Waals surface area contributed by atoms with E-state index in [2.05, 4.69) is 9.88 Å². The molecule has 1 heterocycles. The van der Waals surface area contributed by atoms with Gasteiger partial charge in [0.05, 0.1) is 6.61 Å². The summed E-state index contributed by atoms with van der Waals surface area (Å²) >= 11 is 5.95. The Labute approximate surface area is 139 Å². The normalized spacial score (nSPS) is 14.7. The van der Waals surface area contributed by atoms with Crippen molar-refractivity contribution in [2.45, 2.75) is 31.1 Å². The van der Waals surface area contributed by atoms with Crippen LogP contribution in [0.25, 0.3) is 0 Å². The van der Waals surface area contributed by atoms with E-state index in [4.69, 9.17) is 20.9 Å². The number of rotatable bonds is 7. The minimum atomic E-state index is -3.88. The maximum atomic E-state index is 12.6. The average molecular weight is 357 g/mol. The number of anilines is 1. The summed E-state index contributed by atoms with van der Waals surface area (Å²) in [4.78, 5) is -0.0109. The van der Waals surface area contributed by atoms with Crippen molar-refractivity contribution < 1.29 is 17.7 Å². The monoisotopic (exact) mass is 356 g/mol. The summed E-state index contributed by atoms with van der Waals surface area (Å²) in [5.41, 5.74) is 0.590. The lowest BCUT2D eigenvalue weighted by Gasteiger charge is -2.13. The highest BCUT2D eigenvalue weighted by Gasteiger charge is 2.24. The van der Waals surface area contributed by atoms with Gasteiger partial charge in [-0.3, -0.25) is 4.72 Å². The lowest BCUT2D eigenvalue weighted by atomic mass is 10.3. The maximum absolute atomic E-state index is 12.6. The predicted octanol–water partition coefficient (Wildman–Crippen LogP) is 3.62. The summed E-state index contributed by atoms with van der Waals surface area (Å²) in [6.07, 6.45) is 4.74. The van der Waals surface area contributed by atoms with E-state index in [9.17, 15) is 8.42 Å². The first-order chi connectivity index (χ1) is 11.0. The number of halogens is 1. The van der Waals surface area contributed by atoms with Crippen LogP contribution in [0, 0.1) is 12.8 Å². The molecule has 1 aliphatic rings. The quantitative estimate of drug-likeness (QED) is 0.819. The lowest BCUT2D eigenvalue weighted by molar-refractivity contribution is 0.295. The summed E-state index contributed by atoms with van der Waals surface area (Å²) < 4.78 is 38.0. The molecular formula is C15H17ClN2O4S. The van der Waals surface area contributed by atoms with Gasteiger partial charge >= 0.3 is 0 Å². The smallest absolute Gasteiger partial charge is 0.266 e. The van der Waals surface area contributed by atoms with Crippen LogP contribution in [-0.4, -0.2) is 20.2 Å². The Balaban J connectivity index is 1.83. The molecule has 8 heteroatoms. The van der Waals surface area contributed by atoms with E-state index in [0.717, 1.165) is 6.42 Å². The van der Waals surface area contributed by atoms with Gasteiger partial charge in [0.2, 0.25) is 0 Å². The molecule has 1 fully saturated rings. The van der Waals surface area contributed by atoms with Gasteiger partial charge in [-0.05, 0) is 37.5 Å². The first-order valence-electron chi connectivity index (χ1n) is 7.32. The first-order valence-corrected chi connectivity index (χ1v) is 9.18. The van der Waals surface area contributed by atoms with Gasteiger partial charge in [0.15, 0.2) is 5.82 Å². The molecule has 1 saturated carbocycles. The van der Waals surface area contributed by atoms with Gasteiger partial charge in [-0.15, -0.1) is 0 Å². The van der Waals surface area contributed by atoms with Crippen molar-refractivity contribution in [3.63, 3.8) is 0 Å². The van der Waals surface area contributed by atoms with Crippen molar-refractivity contribution in [3.05, 3.63) is 35.0 Å². The summed E-state index contributed by atoms with van der Waals surface area (Å²) in [5.74, 6) is 1.14. The molecule has 1 N–H and O–H groups in total. The summed E-state index contributed by atoms with van der Waals surface area (Å²) in [5, 5.41) is 3.95. The van der Waals surface area contributed by atoms with Crippen LogP contribution >= 0.6 is 11.6 Å². The van der Waals surface area contributed by atoms with Crippen molar-refractivity contribution in [3.8, 4) is 5.75 Å². The van der Waals surface area contributed by atoms with Crippen LogP contribution in [0.3, 0.4) is 0 Å². The minimum Gasteiger partial charge on any atom is -0.492 e. The first kappa shape index (κ1) is 16.1. The average Bonchev–Trinajstić information content (AvgIpc) is 3.24. The van der Waals surface area contributed by atoms with Gasteiger partial charge in [0.25, 0.3) is 10.0 Å². The van der Waals surface area contributed by atoms with E-state index in [0.29, 0.717) is 23.1 Å². The Morgan fingerprint density at radius 3 is 2.87 bits per heavy atom. The standard InChI is InChI=1S/C15H17ClN2O4S/c1-10-9-22-17-15(10)18-23(19,20)14-8-12(16)4-5-13(14)21-7-6-11-2-3-11/h4-5,8-9,11H,2-3,6-7H2,1H3,(H,17,18). The van der Waals surface area contributed by atoms with Crippen LogP contribution < -0.4 is 9.46 Å². The van der Waals surface area contributed by atoms with Crippen molar-refractivity contribution >= 4 is 27.4 Å². The Bertz CT molecular complexity index is 800. The van der Waals surface area contributed by atoms with Gasteiger partial charge in [0, 0.05) is 10.6 Å². The van der Waals surface area contributed by atoms with E-state index in [1.54, 1.807) is 19.1 Å². The van der Waals surface area contributed by atoms with Crippen LogP contribution in [-0.2, 0) is 10.0 Å². The molecule has 0 radical (unpaired) electrons. The fourth-order valence-electron chi connectivity index (χ4n) is 2.12. The molecule has 1 aromatic carbocycles. The molecule has 6 nitrogen and oxygen atoms in total. The van der Waals surface area contributed by atoms with E-state index >= 15 is 0 Å². The van der Waals surface area contributed by atoms with Gasteiger partial charge in [-0.2, -0.15) is 0 Å². The molecule has 0 saturated heterocycles. The molecule has 1 aliphatic carbocycles. The molecule has 0 atom stereocenters. The summed E-state index contributed by atoms with van der Waals surface area (Å²) in [6.45, 7) is 2.18. The van der Waals surface area contributed by atoms with Crippen LogP contribution in [0.15, 0.2) is 33.9 Å². The number of aryl methyl sites for hydroxylation is 1. The van der Waals surface area contributed by atoms with Gasteiger partial charge in [0.1, 0.15) is 16.9 Å². The third-order valence-electron chi connectivity index (χ3n) is 3.65. The fraction of sp³-hybridized carbons (Fsp3) is 0.400. The molecule has 0 unspecified atom stereocenters. The molecule has 3 rings (SSSR count). The molecule has 124 valence electrons. The second-order valence-corrected chi connectivity index (χ2v) is 7.71. The maximum Gasteiger partial charge on any atom is 0.266 e. The summed E-state index contributed by atoms with van der Waals surface area (Å²) in [6, 6.07) is 4.54. The molecular weight excluding hydrogens is 340 g/mol. The van der Waals surface area contributed by atoms with Crippen molar-refractivity contribution in [1.82, 2.24) is 5.16 Å². The van der Waals surface area contributed by atoms with E-state index in [1.165, 1.54) is 25.2 Å². The van der Waals surface area contributed by atoms with Crippen molar-refractivity contribution in [2.24, 2.45) is 5.92 Å². The highest BCUT2D eigenvalue weighted by Crippen LogP contribution is 2.33. The van der Waals surface area contributed by atoms with Gasteiger partial charge in [-0.1, -0.05) is 29.6 Å². The zero-order chi connectivity index (χ0) is 16.4. The molecule has 0 aliphatic heterocycles. The Morgan fingerprint density at radius 1 is 1.43 bits per heavy atom. The SMILES string of the molecule is Cc1conc1NS(=O)(=O)c1cc(Cl)ccc1OCCC1CC1. The van der Waals surface area contributed by atoms with Crippen molar-refractivity contribution in [2.75, 3.05) is 11.3 Å². The second kappa shape index (κ2) is 6.41. The molecule has 2 aromatic rings. The third kappa shape index (κ3) is 3.97. The van der Waals surface area contributed by atoms with Crippen LogP contribution in [0.1, 0.15) is 24.8 Å². The van der Waals surface area contributed by atoms with E-state index in [1.807, 2.05) is 0 Å². The molecule has 0 amide bonds. The zero-order valence-corrected chi connectivity index (χ0v) is 14.2. The third-order valence-corrected chi connectivity index (χ3v) is 5.25. The van der Waals surface area contributed by atoms with E-state index in [-0.39, 0.29) is 16.5 Å². The number of ether oxygens (including phenoxy) is 1. The topological polar surface area (TPSA) is 81.4 Å². The number of sulfonamides is 1. The number of nitrogens with one attached hydrogen (secondary N) is 1. The molecule has 23 heavy (non-hydrogen) atoms. The van der Waals surface area contributed by atoms with Gasteiger partial charge < -0.3 is 9.26 Å². The number of aromatic nitrogens is 1. The second-order valence-electron chi connectivity index (χ2n) is 5.62. The Kier molecular flexibility index (Phi) is 4.50. The zero-order valence-electron chi connectivity index (χ0n) is 12.6. The summed E-state index contributed by atoms with van der Waals surface area (Å²) in [7, 11) is -3.88. The number of hydrogen-bond acceptors (Lipinski definition) is 5. The predicted molar refractivity (Wildman–Crippen MR) is 86.3 cm³/mol. The Morgan fingerprint density at radius 2 is 2.22 bits per heavy atom. The molecule has 0 spiro atoms. The van der Waals surface area contributed by atoms with Gasteiger partial charge in [-0.25, -0.2) is 8.42 Å².